The Morgan fingerprint density at radius 2 is 1.93 bits per heavy atom. The molecule has 0 spiro atoms. The third-order valence-corrected chi connectivity index (χ3v) is 5.65. The Morgan fingerprint density at radius 1 is 1.19 bits per heavy atom. The summed E-state index contributed by atoms with van der Waals surface area (Å²) in [4.78, 5) is 26.6. The number of carbonyl (C=O) groups is 2. The third-order valence-electron chi connectivity index (χ3n) is 4.29. The zero-order valence-corrected chi connectivity index (χ0v) is 17.4. The molecule has 6 heteroatoms. The molecule has 0 aliphatic heterocycles. The first-order chi connectivity index (χ1) is 12.9. The number of aryl methyl sites for hydroxylation is 1. The Morgan fingerprint density at radius 3 is 2.59 bits per heavy atom. The molecule has 1 N–H and O–H groups in total. The summed E-state index contributed by atoms with van der Waals surface area (Å²) in [6.45, 7) is 4.09. The van der Waals surface area contributed by atoms with Crippen molar-refractivity contribution in [2.45, 2.75) is 32.2 Å². The first-order valence-corrected chi connectivity index (χ1v) is 10.3. The van der Waals surface area contributed by atoms with Gasteiger partial charge in [-0.15, -0.1) is 11.8 Å². The molecular formula is C21H25ClN2O2S. The van der Waals surface area contributed by atoms with Gasteiger partial charge in [0.05, 0.1) is 5.75 Å². The van der Waals surface area contributed by atoms with E-state index in [0.717, 1.165) is 11.3 Å². The molecule has 2 aromatic rings. The first-order valence-electron chi connectivity index (χ1n) is 8.80. The summed E-state index contributed by atoms with van der Waals surface area (Å²) < 4.78 is 0. The smallest absolute Gasteiger partial charge is 0.242 e. The summed E-state index contributed by atoms with van der Waals surface area (Å²) >= 11 is 7.79. The van der Waals surface area contributed by atoms with Gasteiger partial charge in [0.25, 0.3) is 0 Å². The van der Waals surface area contributed by atoms with Crippen LogP contribution in [0.3, 0.4) is 0 Å². The van der Waals surface area contributed by atoms with Crippen molar-refractivity contribution in [2.24, 2.45) is 0 Å². The number of halogens is 1. The van der Waals surface area contributed by atoms with Gasteiger partial charge in [0, 0.05) is 24.4 Å². The van der Waals surface area contributed by atoms with Crippen LogP contribution in [0.4, 0.5) is 0 Å². The Hall–Kier alpha value is -1.98. The van der Waals surface area contributed by atoms with Gasteiger partial charge in [-0.25, -0.2) is 0 Å². The molecular weight excluding hydrogens is 380 g/mol. The number of carbonyl (C=O) groups excluding carboxylic acids is 2. The van der Waals surface area contributed by atoms with E-state index in [2.05, 4.69) is 30.4 Å². The summed E-state index contributed by atoms with van der Waals surface area (Å²) in [7, 11) is 1.57. The fourth-order valence-corrected chi connectivity index (χ4v) is 3.80. The average Bonchev–Trinajstić information content (AvgIpc) is 2.66. The Balaban J connectivity index is 2.06. The number of thioether (sulfide) groups is 1. The lowest BCUT2D eigenvalue weighted by atomic mass is 10.1. The van der Waals surface area contributed by atoms with Gasteiger partial charge in [-0.05, 0) is 31.0 Å². The molecule has 0 fully saturated rings. The number of rotatable bonds is 8. The molecule has 0 saturated carbocycles. The molecule has 2 amide bonds. The average molecular weight is 405 g/mol. The maximum Gasteiger partial charge on any atom is 0.242 e. The van der Waals surface area contributed by atoms with Gasteiger partial charge in [-0.2, -0.15) is 0 Å². The summed E-state index contributed by atoms with van der Waals surface area (Å²) in [5, 5.41) is 3.21. The Labute approximate surface area is 170 Å². The van der Waals surface area contributed by atoms with Gasteiger partial charge in [-0.1, -0.05) is 59.6 Å². The highest BCUT2D eigenvalue weighted by Gasteiger charge is 2.25. The highest BCUT2D eigenvalue weighted by molar-refractivity contribution is 7.99. The lowest BCUT2D eigenvalue weighted by Gasteiger charge is -2.28. The molecule has 0 unspecified atom stereocenters. The predicted molar refractivity (Wildman–Crippen MR) is 113 cm³/mol. The summed E-state index contributed by atoms with van der Waals surface area (Å²) in [5.74, 6) is 0.782. The second kappa shape index (κ2) is 10.4. The molecule has 0 aliphatic rings. The van der Waals surface area contributed by atoms with E-state index in [-0.39, 0.29) is 11.8 Å². The molecule has 2 rings (SSSR count). The first kappa shape index (κ1) is 21.3. The molecule has 144 valence electrons. The fraction of sp³-hybridized carbons (Fsp3) is 0.333. The number of hydrogen-bond donors (Lipinski definition) is 1. The molecule has 0 aliphatic carbocycles. The third kappa shape index (κ3) is 6.29. The Kier molecular flexibility index (Phi) is 8.20. The minimum Gasteiger partial charge on any atom is -0.357 e. The van der Waals surface area contributed by atoms with Crippen LogP contribution >= 0.6 is 23.4 Å². The van der Waals surface area contributed by atoms with Crippen LogP contribution in [0, 0.1) is 6.92 Å². The van der Waals surface area contributed by atoms with Crippen molar-refractivity contribution in [3.63, 3.8) is 0 Å². The number of likely N-dealkylation sites (N-methyl/N-ethyl adjacent to an activating group) is 1. The van der Waals surface area contributed by atoms with Crippen molar-refractivity contribution in [3.05, 3.63) is 70.2 Å². The van der Waals surface area contributed by atoms with Crippen LogP contribution in [-0.4, -0.2) is 35.6 Å². The van der Waals surface area contributed by atoms with Gasteiger partial charge in [-0.3, -0.25) is 9.59 Å². The maximum absolute atomic E-state index is 12.9. The molecule has 0 saturated heterocycles. The minimum absolute atomic E-state index is 0.0799. The molecule has 0 heterocycles. The summed E-state index contributed by atoms with van der Waals surface area (Å²) in [5.41, 5.74) is 3.21. The van der Waals surface area contributed by atoms with E-state index in [1.54, 1.807) is 36.7 Å². The van der Waals surface area contributed by atoms with Crippen molar-refractivity contribution in [3.8, 4) is 0 Å². The normalized spacial score (nSPS) is 11.7. The van der Waals surface area contributed by atoms with Crippen molar-refractivity contribution in [2.75, 3.05) is 12.8 Å². The van der Waals surface area contributed by atoms with Gasteiger partial charge in [0.1, 0.15) is 6.04 Å². The van der Waals surface area contributed by atoms with Crippen LogP contribution in [0.1, 0.15) is 23.6 Å². The van der Waals surface area contributed by atoms with Crippen LogP contribution < -0.4 is 5.32 Å². The van der Waals surface area contributed by atoms with Crippen LogP contribution in [0.5, 0.6) is 0 Å². The van der Waals surface area contributed by atoms with E-state index in [1.807, 2.05) is 24.3 Å². The summed E-state index contributed by atoms with van der Waals surface area (Å²) in [6, 6.07) is 15.1. The zero-order valence-electron chi connectivity index (χ0n) is 15.9. The molecule has 1 atom stereocenters. The Bertz CT molecular complexity index is 797. The van der Waals surface area contributed by atoms with Crippen LogP contribution in [0.2, 0.25) is 5.02 Å². The zero-order chi connectivity index (χ0) is 19.8. The van der Waals surface area contributed by atoms with Gasteiger partial charge >= 0.3 is 0 Å². The molecule has 0 aromatic heterocycles. The van der Waals surface area contributed by atoms with E-state index in [0.29, 0.717) is 17.3 Å². The van der Waals surface area contributed by atoms with Crippen LogP contribution in [-0.2, 0) is 21.9 Å². The SMILES string of the molecule is CNC(=O)[C@@H](C)N(Cc1ccccc1Cl)C(=O)CSCc1cccc(C)c1. The fourth-order valence-electron chi connectivity index (χ4n) is 2.74. The number of nitrogens with zero attached hydrogens (tertiary/aromatic N) is 1. The van der Waals surface area contributed by atoms with Crippen molar-refractivity contribution in [1.82, 2.24) is 10.2 Å². The van der Waals surface area contributed by atoms with E-state index >= 15 is 0 Å². The van der Waals surface area contributed by atoms with Crippen molar-refractivity contribution >= 4 is 35.2 Å². The quantitative estimate of drug-likeness (QED) is 0.722. The van der Waals surface area contributed by atoms with Gasteiger partial charge in [0.15, 0.2) is 0 Å². The number of benzene rings is 2. The van der Waals surface area contributed by atoms with E-state index in [9.17, 15) is 9.59 Å². The standard InChI is InChI=1S/C21H25ClN2O2S/c1-15-7-6-8-17(11-15)13-27-14-20(25)24(16(2)21(26)23-3)12-18-9-4-5-10-19(18)22/h4-11,16H,12-14H2,1-3H3,(H,23,26)/t16-/m1/s1. The largest absolute Gasteiger partial charge is 0.357 e. The van der Waals surface area contributed by atoms with Crippen molar-refractivity contribution in [1.29, 1.82) is 0 Å². The molecule has 0 bridgehead atoms. The highest BCUT2D eigenvalue weighted by atomic mass is 35.5. The number of nitrogens with one attached hydrogen (secondary N) is 1. The highest BCUT2D eigenvalue weighted by Crippen LogP contribution is 2.20. The maximum atomic E-state index is 12.9. The monoisotopic (exact) mass is 404 g/mol. The molecule has 0 radical (unpaired) electrons. The van der Waals surface area contributed by atoms with Crippen LogP contribution in [0.15, 0.2) is 48.5 Å². The second-order valence-electron chi connectivity index (χ2n) is 6.39. The van der Waals surface area contributed by atoms with Gasteiger partial charge in [0.2, 0.25) is 11.8 Å². The van der Waals surface area contributed by atoms with E-state index in [4.69, 9.17) is 11.6 Å². The lowest BCUT2D eigenvalue weighted by molar-refractivity contribution is -0.138. The van der Waals surface area contributed by atoms with Crippen LogP contribution in [0.25, 0.3) is 0 Å². The molecule has 27 heavy (non-hydrogen) atoms. The predicted octanol–water partition coefficient (Wildman–Crippen LogP) is 4.04. The number of amides is 2. The van der Waals surface area contributed by atoms with Crippen molar-refractivity contribution < 1.29 is 9.59 Å². The summed E-state index contributed by atoms with van der Waals surface area (Å²) in [6.07, 6.45) is 0. The second-order valence-corrected chi connectivity index (χ2v) is 7.78. The van der Waals surface area contributed by atoms with E-state index in [1.165, 1.54) is 11.1 Å². The topological polar surface area (TPSA) is 49.4 Å². The lowest BCUT2D eigenvalue weighted by Crippen LogP contribution is -2.47. The number of hydrogen-bond acceptors (Lipinski definition) is 3. The minimum atomic E-state index is -0.571. The molecule has 4 nitrogen and oxygen atoms in total. The van der Waals surface area contributed by atoms with Gasteiger partial charge < -0.3 is 10.2 Å². The molecule has 2 aromatic carbocycles. The van der Waals surface area contributed by atoms with E-state index < -0.39 is 6.04 Å².